The largest absolute Gasteiger partial charge is 0.478 e. The summed E-state index contributed by atoms with van der Waals surface area (Å²) in [5.74, 6) is -0.304. The van der Waals surface area contributed by atoms with Crippen molar-refractivity contribution in [3.8, 4) is 0 Å². The summed E-state index contributed by atoms with van der Waals surface area (Å²) in [6.45, 7) is 1.88. The molecular formula is C14H19NO3S. The lowest BCUT2D eigenvalue weighted by atomic mass is 9.82. The second-order valence-corrected chi connectivity index (χ2v) is 6.36. The van der Waals surface area contributed by atoms with Gasteiger partial charge in [0.05, 0.1) is 6.10 Å². The van der Waals surface area contributed by atoms with Crippen molar-refractivity contribution >= 4 is 23.4 Å². The summed E-state index contributed by atoms with van der Waals surface area (Å²) >= 11 is 1.62. The van der Waals surface area contributed by atoms with E-state index >= 15 is 0 Å². The Kier molecular flexibility index (Phi) is 4.74. The quantitative estimate of drug-likeness (QED) is 0.783. The van der Waals surface area contributed by atoms with Crippen LogP contribution < -0.4 is 0 Å². The Morgan fingerprint density at radius 1 is 1.53 bits per heavy atom. The molecule has 0 saturated heterocycles. The van der Waals surface area contributed by atoms with Gasteiger partial charge in [-0.3, -0.25) is 0 Å². The molecule has 5 heteroatoms. The standard InChI is InChI=1S/C14H19NO3S/c1-15(8-10-6-11(16)7-10)9-13-3-2-12(19-13)4-5-14(17)18/h2-5,10-11,16H,6-9H2,1H3,(H,17,18). The Balaban J connectivity index is 1.80. The van der Waals surface area contributed by atoms with Gasteiger partial charge in [-0.2, -0.15) is 0 Å². The van der Waals surface area contributed by atoms with Gasteiger partial charge >= 0.3 is 5.97 Å². The number of rotatable bonds is 6. The SMILES string of the molecule is CN(Cc1ccc(C=CC(=O)O)s1)CC1CC(O)C1. The molecule has 1 fully saturated rings. The second-order valence-electron chi connectivity index (χ2n) is 5.16. The minimum absolute atomic E-state index is 0.0899. The molecule has 0 unspecified atom stereocenters. The van der Waals surface area contributed by atoms with E-state index < -0.39 is 5.97 Å². The molecule has 4 nitrogen and oxygen atoms in total. The van der Waals surface area contributed by atoms with Gasteiger partial charge in [-0.25, -0.2) is 4.79 Å². The van der Waals surface area contributed by atoms with Crippen molar-refractivity contribution in [3.63, 3.8) is 0 Å². The predicted octanol–water partition coefficient (Wildman–Crippen LogP) is 2.05. The van der Waals surface area contributed by atoms with Crippen LogP contribution in [0.3, 0.4) is 0 Å². The molecule has 0 amide bonds. The minimum Gasteiger partial charge on any atom is -0.478 e. The molecule has 1 aliphatic carbocycles. The van der Waals surface area contributed by atoms with Crippen LogP contribution in [0.5, 0.6) is 0 Å². The minimum atomic E-state index is -0.921. The summed E-state index contributed by atoms with van der Waals surface area (Å²) in [6, 6.07) is 3.98. The van der Waals surface area contributed by atoms with Crippen molar-refractivity contribution in [1.82, 2.24) is 4.90 Å². The molecule has 0 aliphatic heterocycles. The highest BCUT2D eigenvalue weighted by molar-refractivity contribution is 7.12. The third kappa shape index (κ3) is 4.45. The molecule has 1 aliphatic rings. The average Bonchev–Trinajstić information content (AvgIpc) is 2.72. The number of hydrogen-bond acceptors (Lipinski definition) is 4. The van der Waals surface area contributed by atoms with E-state index in [9.17, 15) is 9.90 Å². The first-order valence-electron chi connectivity index (χ1n) is 6.39. The summed E-state index contributed by atoms with van der Waals surface area (Å²) < 4.78 is 0. The number of hydrogen-bond donors (Lipinski definition) is 2. The van der Waals surface area contributed by atoms with Gasteiger partial charge in [0.2, 0.25) is 0 Å². The molecule has 0 bridgehead atoms. The maximum atomic E-state index is 10.4. The van der Waals surface area contributed by atoms with Gasteiger partial charge in [0.15, 0.2) is 0 Å². The Bertz CT molecular complexity index is 463. The van der Waals surface area contributed by atoms with E-state index in [1.54, 1.807) is 17.4 Å². The van der Waals surface area contributed by atoms with Crippen LogP contribution in [-0.4, -0.2) is 40.8 Å². The Labute approximate surface area is 117 Å². The van der Waals surface area contributed by atoms with Crippen molar-refractivity contribution < 1.29 is 15.0 Å². The molecule has 0 atom stereocenters. The molecule has 1 aromatic heterocycles. The van der Waals surface area contributed by atoms with Gasteiger partial charge in [0, 0.05) is 28.9 Å². The lowest BCUT2D eigenvalue weighted by Gasteiger charge is -2.34. The first kappa shape index (κ1) is 14.2. The first-order valence-corrected chi connectivity index (χ1v) is 7.21. The van der Waals surface area contributed by atoms with Gasteiger partial charge in [0.1, 0.15) is 0 Å². The van der Waals surface area contributed by atoms with E-state index in [1.807, 2.05) is 12.1 Å². The molecule has 104 valence electrons. The van der Waals surface area contributed by atoms with Crippen molar-refractivity contribution in [2.75, 3.05) is 13.6 Å². The van der Waals surface area contributed by atoms with E-state index in [0.717, 1.165) is 36.9 Å². The van der Waals surface area contributed by atoms with Crippen LogP contribution in [0.1, 0.15) is 22.6 Å². The van der Waals surface area contributed by atoms with Gasteiger partial charge < -0.3 is 15.1 Å². The second kappa shape index (κ2) is 6.32. The summed E-state index contributed by atoms with van der Waals surface area (Å²) in [5.41, 5.74) is 0. The van der Waals surface area contributed by atoms with Crippen LogP contribution in [0, 0.1) is 5.92 Å². The zero-order chi connectivity index (χ0) is 13.8. The van der Waals surface area contributed by atoms with E-state index in [2.05, 4.69) is 11.9 Å². The van der Waals surface area contributed by atoms with Crippen LogP contribution in [0.15, 0.2) is 18.2 Å². The molecule has 0 aromatic carbocycles. The fourth-order valence-corrected chi connectivity index (χ4v) is 3.34. The molecule has 2 rings (SSSR count). The normalized spacial score (nSPS) is 22.9. The van der Waals surface area contributed by atoms with E-state index in [1.165, 1.54) is 4.88 Å². The molecule has 0 radical (unpaired) electrons. The lowest BCUT2D eigenvalue weighted by Crippen LogP contribution is -2.36. The Hall–Kier alpha value is -1.17. The van der Waals surface area contributed by atoms with E-state index in [-0.39, 0.29) is 6.10 Å². The van der Waals surface area contributed by atoms with Crippen LogP contribution in [0.25, 0.3) is 6.08 Å². The molecule has 1 heterocycles. The van der Waals surface area contributed by atoms with Gasteiger partial charge in [-0.1, -0.05) is 0 Å². The van der Waals surface area contributed by atoms with E-state index in [0.29, 0.717) is 5.92 Å². The third-order valence-electron chi connectivity index (χ3n) is 3.28. The summed E-state index contributed by atoms with van der Waals surface area (Å²) in [4.78, 5) is 14.9. The summed E-state index contributed by atoms with van der Waals surface area (Å²) in [5, 5.41) is 17.8. The highest BCUT2D eigenvalue weighted by Crippen LogP contribution is 2.28. The maximum Gasteiger partial charge on any atom is 0.328 e. The molecule has 2 N–H and O–H groups in total. The highest BCUT2D eigenvalue weighted by atomic mass is 32.1. The fraction of sp³-hybridized carbons (Fsp3) is 0.500. The van der Waals surface area contributed by atoms with Crippen LogP contribution >= 0.6 is 11.3 Å². The first-order chi connectivity index (χ1) is 9.02. The number of carboxylic acids is 1. The Morgan fingerprint density at radius 3 is 2.89 bits per heavy atom. The van der Waals surface area contributed by atoms with Crippen LogP contribution in [-0.2, 0) is 11.3 Å². The van der Waals surface area contributed by atoms with Crippen LogP contribution in [0.2, 0.25) is 0 Å². The number of nitrogens with zero attached hydrogens (tertiary/aromatic N) is 1. The molecule has 1 saturated carbocycles. The molecule has 0 spiro atoms. The highest BCUT2D eigenvalue weighted by Gasteiger charge is 2.27. The smallest absolute Gasteiger partial charge is 0.328 e. The number of carbonyl (C=O) groups is 1. The number of aliphatic carboxylic acids is 1. The van der Waals surface area contributed by atoms with Crippen LogP contribution in [0.4, 0.5) is 0 Å². The van der Waals surface area contributed by atoms with Crippen molar-refractivity contribution in [2.45, 2.75) is 25.5 Å². The molecule has 19 heavy (non-hydrogen) atoms. The van der Waals surface area contributed by atoms with Crippen molar-refractivity contribution in [2.24, 2.45) is 5.92 Å². The number of carboxylic acid groups (broad SMARTS) is 1. The Morgan fingerprint density at radius 2 is 2.26 bits per heavy atom. The zero-order valence-electron chi connectivity index (χ0n) is 11.0. The average molecular weight is 281 g/mol. The third-order valence-corrected chi connectivity index (χ3v) is 4.31. The van der Waals surface area contributed by atoms with Crippen molar-refractivity contribution in [3.05, 3.63) is 28.0 Å². The zero-order valence-corrected chi connectivity index (χ0v) is 11.8. The maximum absolute atomic E-state index is 10.4. The number of aliphatic hydroxyl groups excluding tert-OH is 1. The predicted molar refractivity (Wildman–Crippen MR) is 76.1 cm³/mol. The van der Waals surface area contributed by atoms with Gasteiger partial charge in [-0.15, -0.1) is 11.3 Å². The van der Waals surface area contributed by atoms with Gasteiger partial charge in [0.25, 0.3) is 0 Å². The van der Waals surface area contributed by atoms with E-state index in [4.69, 9.17) is 5.11 Å². The number of thiophene rings is 1. The number of aliphatic hydroxyl groups is 1. The molecular weight excluding hydrogens is 262 g/mol. The fourth-order valence-electron chi connectivity index (χ4n) is 2.34. The summed E-state index contributed by atoms with van der Waals surface area (Å²) in [6.07, 6.45) is 4.53. The van der Waals surface area contributed by atoms with Gasteiger partial charge in [-0.05, 0) is 44.0 Å². The van der Waals surface area contributed by atoms with Crippen molar-refractivity contribution in [1.29, 1.82) is 0 Å². The molecule has 1 aromatic rings. The lowest BCUT2D eigenvalue weighted by molar-refractivity contribution is -0.131. The summed E-state index contributed by atoms with van der Waals surface area (Å²) in [7, 11) is 2.08. The topological polar surface area (TPSA) is 60.8 Å². The monoisotopic (exact) mass is 281 g/mol.